The van der Waals surface area contributed by atoms with Crippen LogP contribution in [0.1, 0.15) is 50.8 Å². The van der Waals surface area contributed by atoms with Crippen molar-refractivity contribution in [1.82, 2.24) is 0 Å². The SMILES string of the molecule is CCCc1ccc(C(=O)[C@H]2[C@H](C(=O)c3ccc([N+](=O)[O-])cc3)N3c4ccccc4C=C[C@@H]3[C@]23C(=O)Nc2ccccc23)cc1. The summed E-state index contributed by atoms with van der Waals surface area (Å²) < 4.78 is 0. The minimum atomic E-state index is -1.42. The zero-order valence-electron chi connectivity index (χ0n) is 24.0. The normalized spacial score (nSPS) is 22.7. The number of amides is 1. The highest BCUT2D eigenvalue weighted by molar-refractivity contribution is 6.18. The highest BCUT2D eigenvalue weighted by Gasteiger charge is 2.70. The van der Waals surface area contributed by atoms with Gasteiger partial charge in [0.25, 0.3) is 5.69 Å². The summed E-state index contributed by atoms with van der Waals surface area (Å²) >= 11 is 0. The first-order valence-electron chi connectivity index (χ1n) is 14.7. The van der Waals surface area contributed by atoms with E-state index in [1.165, 1.54) is 24.3 Å². The van der Waals surface area contributed by atoms with Gasteiger partial charge in [0.15, 0.2) is 11.6 Å². The van der Waals surface area contributed by atoms with Gasteiger partial charge in [-0.2, -0.15) is 0 Å². The van der Waals surface area contributed by atoms with Crippen LogP contribution in [0.2, 0.25) is 0 Å². The van der Waals surface area contributed by atoms with E-state index in [2.05, 4.69) is 12.2 Å². The highest BCUT2D eigenvalue weighted by atomic mass is 16.6. The van der Waals surface area contributed by atoms with Crippen LogP contribution >= 0.6 is 0 Å². The first kappa shape index (κ1) is 27.5. The predicted molar refractivity (Wildman–Crippen MR) is 168 cm³/mol. The van der Waals surface area contributed by atoms with E-state index in [4.69, 9.17) is 0 Å². The van der Waals surface area contributed by atoms with Crippen molar-refractivity contribution in [2.24, 2.45) is 5.92 Å². The molecule has 1 saturated heterocycles. The molecule has 3 heterocycles. The van der Waals surface area contributed by atoms with E-state index in [0.29, 0.717) is 16.8 Å². The molecule has 4 aromatic carbocycles. The van der Waals surface area contributed by atoms with Crippen LogP contribution in [0.4, 0.5) is 17.1 Å². The third kappa shape index (κ3) is 3.94. The Labute approximate surface area is 254 Å². The fraction of sp³-hybridized carbons (Fsp3) is 0.194. The Morgan fingerprint density at radius 3 is 2.27 bits per heavy atom. The van der Waals surface area contributed by atoms with E-state index in [9.17, 15) is 24.5 Å². The van der Waals surface area contributed by atoms with Crippen molar-refractivity contribution in [2.45, 2.75) is 37.3 Å². The van der Waals surface area contributed by atoms with Crippen molar-refractivity contribution in [1.29, 1.82) is 0 Å². The second kappa shape index (κ2) is 10.4. The second-order valence-corrected chi connectivity index (χ2v) is 11.5. The zero-order valence-corrected chi connectivity index (χ0v) is 24.0. The maximum absolute atomic E-state index is 14.9. The van der Waals surface area contributed by atoms with E-state index >= 15 is 0 Å². The molecule has 0 aromatic heterocycles. The van der Waals surface area contributed by atoms with Gasteiger partial charge in [0.2, 0.25) is 5.91 Å². The number of hydrogen-bond donors (Lipinski definition) is 1. The number of nitrogens with zero attached hydrogens (tertiary/aromatic N) is 2. The number of nitrogens with one attached hydrogen (secondary N) is 1. The number of non-ortho nitro benzene ring substituents is 1. The number of benzene rings is 4. The van der Waals surface area contributed by atoms with Gasteiger partial charge >= 0.3 is 0 Å². The molecule has 0 aliphatic carbocycles. The number of carbonyl (C=O) groups excluding carboxylic acids is 3. The molecular weight excluding hydrogens is 554 g/mol. The van der Waals surface area contributed by atoms with E-state index in [1.807, 2.05) is 77.7 Å². The van der Waals surface area contributed by atoms with Gasteiger partial charge in [-0.3, -0.25) is 24.5 Å². The molecule has 3 aliphatic rings. The maximum atomic E-state index is 14.9. The molecule has 0 radical (unpaired) electrons. The lowest BCUT2D eigenvalue weighted by atomic mass is 9.64. The van der Waals surface area contributed by atoms with Gasteiger partial charge in [-0.15, -0.1) is 0 Å². The quantitative estimate of drug-likeness (QED) is 0.153. The van der Waals surface area contributed by atoms with Crippen molar-refractivity contribution < 1.29 is 19.3 Å². The molecule has 1 fully saturated rings. The minimum Gasteiger partial charge on any atom is -0.352 e. The standard InChI is InChI=1S/C36H29N3O5/c1-2-7-22-12-14-24(15-13-22)33(40)31-32(34(41)25-16-19-26(20-17-25)39(43)44)38-29-11-6-3-8-23(29)18-21-30(38)36(31)27-9-4-5-10-28(27)37-35(36)42/h3-6,8-21,30-32H,2,7H2,1H3,(H,37,42)/t30-,31-,32-,36+/m1/s1. The first-order valence-corrected chi connectivity index (χ1v) is 14.7. The lowest BCUT2D eigenvalue weighted by Gasteiger charge is -2.37. The van der Waals surface area contributed by atoms with Gasteiger partial charge in [-0.25, -0.2) is 0 Å². The molecule has 8 heteroatoms. The van der Waals surface area contributed by atoms with Crippen LogP contribution in [0.25, 0.3) is 6.08 Å². The second-order valence-electron chi connectivity index (χ2n) is 11.5. The molecule has 4 atom stereocenters. The molecule has 0 bridgehead atoms. The number of hydrogen-bond acceptors (Lipinski definition) is 6. The van der Waals surface area contributed by atoms with E-state index < -0.39 is 28.3 Å². The molecule has 44 heavy (non-hydrogen) atoms. The lowest BCUT2D eigenvalue weighted by molar-refractivity contribution is -0.384. The van der Waals surface area contributed by atoms with Gasteiger partial charge in [0.05, 0.1) is 16.9 Å². The number of para-hydroxylation sites is 2. The summed E-state index contributed by atoms with van der Waals surface area (Å²) in [6.45, 7) is 2.09. The predicted octanol–water partition coefficient (Wildman–Crippen LogP) is 6.40. The van der Waals surface area contributed by atoms with Crippen LogP contribution in [0.3, 0.4) is 0 Å². The molecule has 3 aliphatic heterocycles. The largest absolute Gasteiger partial charge is 0.352 e. The fourth-order valence-electron chi connectivity index (χ4n) is 7.34. The van der Waals surface area contributed by atoms with Crippen molar-refractivity contribution in [3.63, 3.8) is 0 Å². The number of Topliss-reactive ketones (excluding diaryl/α,β-unsaturated/α-hetero) is 2. The number of nitro groups is 1. The van der Waals surface area contributed by atoms with Crippen LogP contribution < -0.4 is 10.2 Å². The third-order valence-corrected chi connectivity index (χ3v) is 9.23. The molecule has 0 unspecified atom stereocenters. The molecule has 7 rings (SSSR count). The summed E-state index contributed by atoms with van der Waals surface area (Å²) in [7, 11) is 0. The Kier molecular flexibility index (Phi) is 6.50. The molecule has 4 aromatic rings. The van der Waals surface area contributed by atoms with Crippen LogP contribution in [-0.4, -0.2) is 34.5 Å². The molecule has 218 valence electrons. The summed E-state index contributed by atoms with van der Waals surface area (Å²) in [6.07, 6.45) is 5.71. The first-order chi connectivity index (χ1) is 21.4. The van der Waals surface area contributed by atoms with Crippen LogP contribution in [0, 0.1) is 16.0 Å². The van der Waals surface area contributed by atoms with Crippen molar-refractivity contribution in [2.75, 3.05) is 10.2 Å². The van der Waals surface area contributed by atoms with Gasteiger partial charge < -0.3 is 10.2 Å². The molecule has 1 amide bonds. The Morgan fingerprint density at radius 2 is 1.55 bits per heavy atom. The summed E-state index contributed by atoms with van der Waals surface area (Å²) in [5, 5.41) is 14.4. The Morgan fingerprint density at radius 1 is 0.886 bits per heavy atom. The number of nitro benzene ring substituents is 1. The summed E-state index contributed by atoms with van der Waals surface area (Å²) in [6, 6.07) is 26.1. The molecule has 8 nitrogen and oxygen atoms in total. The van der Waals surface area contributed by atoms with E-state index in [-0.39, 0.29) is 28.7 Å². The van der Waals surface area contributed by atoms with Gasteiger partial charge in [-0.1, -0.05) is 86.2 Å². The topological polar surface area (TPSA) is 110 Å². The van der Waals surface area contributed by atoms with Crippen LogP contribution in [0.15, 0.2) is 103 Å². The van der Waals surface area contributed by atoms with E-state index in [1.54, 1.807) is 12.1 Å². The third-order valence-electron chi connectivity index (χ3n) is 9.23. The van der Waals surface area contributed by atoms with Crippen LogP contribution in [-0.2, 0) is 16.6 Å². The smallest absolute Gasteiger partial charge is 0.269 e. The molecular formula is C36H29N3O5. The Hall–Kier alpha value is -5.37. The van der Waals surface area contributed by atoms with Gasteiger partial charge in [-0.05, 0) is 47.4 Å². The number of ketones is 2. The maximum Gasteiger partial charge on any atom is 0.269 e. The average molecular weight is 584 g/mol. The minimum absolute atomic E-state index is 0.141. The average Bonchev–Trinajstić information content (AvgIpc) is 3.53. The zero-order chi connectivity index (χ0) is 30.6. The highest BCUT2D eigenvalue weighted by Crippen LogP contribution is 2.58. The molecule has 1 spiro atoms. The van der Waals surface area contributed by atoms with E-state index in [0.717, 1.165) is 29.7 Å². The summed E-state index contributed by atoms with van der Waals surface area (Å²) in [5.41, 5.74) is 3.08. The number of carbonyl (C=O) groups is 3. The number of fused-ring (bicyclic) bond motifs is 6. The fourth-order valence-corrected chi connectivity index (χ4v) is 7.34. The summed E-state index contributed by atoms with van der Waals surface area (Å²) in [4.78, 5) is 56.8. The Balaban J connectivity index is 1.48. The molecule has 0 saturated carbocycles. The lowest BCUT2D eigenvalue weighted by Crippen LogP contribution is -2.51. The van der Waals surface area contributed by atoms with Crippen molar-refractivity contribution in [3.05, 3.63) is 141 Å². The van der Waals surface area contributed by atoms with Gasteiger partial charge in [0.1, 0.15) is 11.5 Å². The van der Waals surface area contributed by atoms with Crippen molar-refractivity contribution in [3.8, 4) is 0 Å². The number of anilines is 2. The van der Waals surface area contributed by atoms with Gasteiger partial charge in [0, 0.05) is 34.6 Å². The number of rotatable bonds is 7. The summed E-state index contributed by atoms with van der Waals surface area (Å²) in [5.74, 6) is -2.13. The monoisotopic (exact) mass is 583 g/mol. The molecule has 1 N–H and O–H groups in total. The van der Waals surface area contributed by atoms with Crippen molar-refractivity contribution >= 4 is 40.6 Å². The van der Waals surface area contributed by atoms with Crippen LogP contribution in [0.5, 0.6) is 0 Å². The number of aryl methyl sites for hydroxylation is 1. The Bertz CT molecular complexity index is 1860.